The van der Waals surface area contributed by atoms with Gasteiger partial charge in [0.15, 0.2) is 34.8 Å². The summed E-state index contributed by atoms with van der Waals surface area (Å²) in [4.78, 5) is 12.1. The molecule has 1 fully saturated rings. The molecule has 3 heterocycles. The summed E-state index contributed by atoms with van der Waals surface area (Å²) in [5.41, 5.74) is 0.244. The first-order valence-electron chi connectivity index (χ1n) is 8.32. The van der Waals surface area contributed by atoms with Gasteiger partial charge in [0, 0.05) is 5.56 Å². The zero-order chi connectivity index (χ0) is 20.0. The highest BCUT2D eigenvalue weighted by Gasteiger charge is 2.42. The summed E-state index contributed by atoms with van der Waals surface area (Å²) in [7, 11) is 0. The molecule has 1 aromatic carbocycles. The molecule has 0 amide bonds. The Labute approximate surface area is 156 Å². The average molecular weight is 396 g/mol. The molecule has 0 saturated carbocycles. The predicted octanol–water partition coefficient (Wildman–Crippen LogP) is 1.46. The van der Waals surface area contributed by atoms with Crippen LogP contribution in [0.2, 0.25) is 0 Å². The largest absolute Gasteiger partial charge is 0.471 e. The van der Waals surface area contributed by atoms with Gasteiger partial charge in [-0.2, -0.15) is 4.98 Å². The molecule has 2 N–H and O–H groups in total. The highest BCUT2D eigenvalue weighted by molar-refractivity contribution is 5.76. The Morgan fingerprint density at radius 3 is 2.61 bits per heavy atom. The second kappa shape index (κ2) is 7.00. The second-order valence-electron chi connectivity index (χ2n) is 6.34. The predicted molar refractivity (Wildman–Crippen MR) is 87.6 cm³/mol. The SMILES string of the molecule is C[C@H]1O[C@@H](n2cnc3c(OCc4ccc(F)c(F)c4F)ncnc32)[C@H](O)[C@@H]1O. The Kier molecular flexibility index (Phi) is 4.65. The van der Waals surface area contributed by atoms with E-state index < -0.39 is 48.6 Å². The lowest BCUT2D eigenvalue weighted by molar-refractivity contribution is -0.0299. The zero-order valence-corrected chi connectivity index (χ0v) is 14.5. The maximum absolute atomic E-state index is 13.8. The van der Waals surface area contributed by atoms with Crippen LogP contribution in [0.1, 0.15) is 18.7 Å². The molecule has 148 valence electrons. The van der Waals surface area contributed by atoms with Crippen LogP contribution < -0.4 is 4.74 Å². The first kappa shape index (κ1) is 18.6. The monoisotopic (exact) mass is 396 g/mol. The van der Waals surface area contributed by atoms with Crippen LogP contribution in [0.25, 0.3) is 11.2 Å². The van der Waals surface area contributed by atoms with Crippen molar-refractivity contribution in [2.24, 2.45) is 0 Å². The minimum absolute atomic E-state index is 0.0195. The molecular formula is C17H15F3N4O4. The molecule has 2 aromatic heterocycles. The third kappa shape index (κ3) is 2.97. The second-order valence-corrected chi connectivity index (χ2v) is 6.34. The number of aliphatic hydroxyl groups is 2. The number of hydrogen-bond acceptors (Lipinski definition) is 7. The van der Waals surface area contributed by atoms with Gasteiger partial charge in [0.05, 0.1) is 12.4 Å². The number of nitrogens with zero attached hydrogens (tertiary/aromatic N) is 4. The highest BCUT2D eigenvalue weighted by atomic mass is 19.2. The number of imidazole rings is 1. The molecule has 0 radical (unpaired) electrons. The van der Waals surface area contributed by atoms with Crippen molar-refractivity contribution < 1.29 is 32.9 Å². The molecule has 0 aliphatic carbocycles. The van der Waals surface area contributed by atoms with E-state index in [4.69, 9.17) is 9.47 Å². The lowest BCUT2D eigenvalue weighted by atomic mass is 10.1. The summed E-state index contributed by atoms with van der Waals surface area (Å²) >= 11 is 0. The highest BCUT2D eigenvalue weighted by Crippen LogP contribution is 2.32. The number of rotatable bonds is 4. The molecule has 1 aliphatic rings. The fourth-order valence-corrected chi connectivity index (χ4v) is 3.00. The Hall–Kier alpha value is -2.76. The van der Waals surface area contributed by atoms with Crippen molar-refractivity contribution in [3.63, 3.8) is 0 Å². The van der Waals surface area contributed by atoms with E-state index in [1.165, 1.54) is 17.2 Å². The molecule has 8 nitrogen and oxygen atoms in total. The number of hydrogen-bond donors (Lipinski definition) is 2. The molecule has 11 heteroatoms. The number of ether oxygens (including phenoxy) is 2. The van der Waals surface area contributed by atoms with Gasteiger partial charge in [-0.25, -0.2) is 23.1 Å². The molecule has 3 aromatic rings. The van der Waals surface area contributed by atoms with Gasteiger partial charge in [0.2, 0.25) is 5.88 Å². The van der Waals surface area contributed by atoms with E-state index in [0.717, 1.165) is 12.1 Å². The van der Waals surface area contributed by atoms with E-state index in [-0.39, 0.29) is 22.6 Å². The van der Waals surface area contributed by atoms with Crippen molar-refractivity contribution in [1.29, 1.82) is 0 Å². The van der Waals surface area contributed by atoms with Gasteiger partial charge in [0.1, 0.15) is 25.1 Å². The van der Waals surface area contributed by atoms with Gasteiger partial charge in [0.25, 0.3) is 0 Å². The van der Waals surface area contributed by atoms with Crippen LogP contribution in [-0.4, -0.2) is 48.0 Å². The smallest absolute Gasteiger partial charge is 0.245 e. The third-order valence-electron chi connectivity index (χ3n) is 4.56. The third-order valence-corrected chi connectivity index (χ3v) is 4.56. The standard InChI is InChI=1S/C17H15F3N4O4/c1-7-13(25)14(26)17(28-7)24-6-23-12-15(24)21-5-22-16(12)27-4-8-2-3-9(18)11(20)10(8)19/h2-3,5-7,13-14,17,25-26H,4H2,1H3/t7-,13-,14-,17-/m1/s1. The molecule has 0 spiro atoms. The summed E-state index contributed by atoms with van der Waals surface area (Å²) in [5.74, 6) is -4.25. The quantitative estimate of drug-likeness (QED) is 0.644. The summed E-state index contributed by atoms with van der Waals surface area (Å²) < 4.78 is 52.5. The number of benzene rings is 1. The number of aliphatic hydroxyl groups excluding tert-OH is 2. The number of halogens is 3. The van der Waals surface area contributed by atoms with E-state index in [9.17, 15) is 23.4 Å². The number of fused-ring (bicyclic) bond motifs is 1. The van der Waals surface area contributed by atoms with Crippen LogP contribution in [0, 0.1) is 17.5 Å². The summed E-state index contributed by atoms with van der Waals surface area (Å²) in [6, 6.07) is 1.86. The van der Waals surface area contributed by atoms with Crippen molar-refractivity contribution in [2.45, 2.75) is 38.1 Å². The lowest BCUT2D eigenvalue weighted by Gasteiger charge is -2.16. The lowest BCUT2D eigenvalue weighted by Crippen LogP contribution is -2.30. The van der Waals surface area contributed by atoms with Gasteiger partial charge in [-0.05, 0) is 19.1 Å². The van der Waals surface area contributed by atoms with E-state index in [2.05, 4.69) is 15.0 Å². The van der Waals surface area contributed by atoms with Gasteiger partial charge >= 0.3 is 0 Å². The number of aromatic nitrogens is 4. The van der Waals surface area contributed by atoms with Gasteiger partial charge in [-0.3, -0.25) is 4.57 Å². The summed E-state index contributed by atoms with van der Waals surface area (Å²) in [6.45, 7) is 1.20. The molecule has 28 heavy (non-hydrogen) atoms. The van der Waals surface area contributed by atoms with Gasteiger partial charge in [-0.15, -0.1) is 0 Å². The minimum atomic E-state index is -1.58. The van der Waals surface area contributed by atoms with Gasteiger partial charge < -0.3 is 19.7 Å². The Balaban J connectivity index is 1.62. The first-order valence-corrected chi connectivity index (χ1v) is 8.32. The fraction of sp³-hybridized carbons (Fsp3) is 0.353. The van der Waals surface area contributed by atoms with Crippen molar-refractivity contribution in [2.75, 3.05) is 0 Å². The molecule has 0 bridgehead atoms. The molecule has 1 saturated heterocycles. The average Bonchev–Trinajstić information content (AvgIpc) is 3.22. The fourth-order valence-electron chi connectivity index (χ4n) is 3.00. The van der Waals surface area contributed by atoms with Crippen LogP contribution in [-0.2, 0) is 11.3 Å². The molecular weight excluding hydrogens is 381 g/mol. The van der Waals surface area contributed by atoms with Crippen LogP contribution in [0.5, 0.6) is 5.88 Å². The van der Waals surface area contributed by atoms with Gasteiger partial charge in [-0.1, -0.05) is 0 Å². The molecule has 1 aliphatic heterocycles. The Morgan fingerprint density at radius 1 is 1.11 bits per heavy atom. The molecule has 4 rings (SSSR count). The topological polar surface area (TPSA) is 103 Å². The van der Waals surface area contributed by atoms with Crippen molar-refractivity contribution in [3.05, 3.63) is 47.8 Å². The Bertz CT molecular complexity index is 1030. The van der Waals surface area contributed by atoms with Crippen LogP contribution in [0.4, 0.5) is 13.2 Å². The maximum Gasteiger partial charge on any atom is 0.245 e. The summed E-state index contributed by atoms with van der Waals surface area (Å²) in [6.07, 6.45) is -1.27. The maximum atomic E-state index is 13.8. The first-order chi connectivity index (χ1) is 13.4. The minimum Gasteiger partial charge on any atom is -0.471 e. The van der Waals surface area contributed by atoms with Crippen molar-refractivity contribution in [1.82, 2.24) is 19.5 Å². The molecule has 4 atom stereocenters. The van der Waals surface area contributed by atoms with E-state index in [0.29, 0.717) is 0 Å². The van der Waals surface area contributed by atoms with E-state index in [1.807, 2.05) is 0 Å². The Morgan fingerprint density at radius 2 is 1.89 bits per heavy atom. The van der Waals surface area contributed by atoms with Crippen LogP contribution in [0.3, 0.4) is 0 Å². The zero-order valence-electron chi connectivity index (χ0n) is 14.5. The van der Waals surface area contributed by atoms with Crippen LogP contribution in [0.15, 0.2) is 24.8 Å². The van der Waals surface area contributed by atoms with E-state index >= 15 is 0 Å². The van der Waals surface area contributed by atoms with Crippen molar-refractivity contribution in [3.8, 4) is 5.88 Å². The van der Waals surface area contributed by atoms with Crippen LogP contribution >= 0.6 is 0 Å². The normalized spacial score (nSPS) is 24.8. The van der Waals surface area contributed by atoms with Crippen molar-refractivity contribution >= 4 is 11.2 Å². The van der Waals surface area contributed by atoms with E-state index in [1.54, 1.807) is 6.92 Å². The molecule has 0 unspecified atom stereocenters. The summed E-state index contributed by atoms with van der Waals surface area (Å²) in [5, 5.41) is 20.0.